The molecule has 102 valence electrons. The molecule has 0 aliphatic carbocycles. The van der Waals surface area contributed by atoms with Gasteiger partial charge in [0.2, 0.25) is 0 Å². The van der Waals surface area contributed by atoms with Crippen LogP contribution in [-0.4, -0.2) is 16.1 Å². The number of carboxylic acid groups (broad SMARTS) is 1. The number of carbonyl (C=O) groups is 1. The lowest BCUT2D eigenvalue weighted by Crippen LogP contribution is -1.98. The molecule has 0 fully saturated rings. The van der Waals surface area contributed by atoms with E-state index in [1.807, 2.05) is 0 Å². The number of rotatable bonds is 4. The zero-order valence-corrected chi connectivity index (χ0v) is 10.2. The first kappa shape index (κ1) is 12.1. The van der Waals surface area contributed by atoms with E-state index in [0.717, 1.165) is 5.69 Å². The van der Waals surface area contributed by atoms with Crippen molar-refractivity contribution in [2.45, 2.75) is 6.54 Å². The molecule has 0 aliphatic rings. The Bertz CT molecular complexity index is 827. The van der Waals surface area contributed by atoms with Crippen LogP contribution >= 0.6 is 0 Å². The van der Waals surface area contributed by atoms with Crippen LogP contribution < -0.4 is 11.1 Å². The molecular weight excluding hydrogens is 264 g/mol. The molecule has 2 aromatic heterocycles. The average molecular weight is 274 g/mol. The molecule has 0 saturated carbocycles. The average Bonchev–Trinajstić information content (AvgIpc) is 3.00. The second kappa shape index (κ2) is 4.61. The molecule has 0 atom stereocenters. The molecule has 0 aliphatic heterocycles. The van der Waals surface area contributed by atoms with Gasteiger partial charge in [0.05, 0.1) is 17.6 Å². The van der Waals surface area contributed by atoms with E-state index >= 15 is 0 Å². The van der Waals surface area contributed by atoms with E-state index in [9.17, 15) is 9.59 Å². The predicted octanol–water partition coefficient (Wildman–Crippen LogP) is 2.02. The fourth-order valence-corrected chi connectivity index (χ4v) is 1.84. The number of benzene rings is 1. The molecule has 3 aromatic rings. The van der Waals surface area contributed by atoms with Crippen molar-refractivity contribution in [2.24, 2.45) is 0 Å². The minimum absolute atomic E-state index is 0.108. The Kier molecular flexibility index (Phi) is 2.79. The summed E-state index contributed by atoms with van der Waals surface area (Å²) in [6.07, 6.45) is 1.19. The Hall–Kier alpha value is -2.96. The number of fused-ring (bicyclic) bond motifs is 1. The van der Waals surface area contributed by atoms with Crippen molar-refractivity contribution in [1.29, 1.82) is 0 Å². The minimum atomic E-state index is -1.03. The van der Waals surface area contributed by atoms with Gasteiger partial charge in [-0.25, -0.2) is 9.59 Å². The Labute approximate surface area is 111 Å². The fourth-order valence-electron chi connectivity index (χ4n) is 1.84. The van der Waals surface area contributed by atoms with E-state index < -0.39 is 11.7 Å². The number of aromatic amines is 1. The van der Waals surface area contributed by atoms with E-state index in [4.69, 9.17) is 13.9 Å². The highest BCUT2D eigenvalue weighted by molar-refractivity contribution is 5.87. The van der Waals surface area contributed by atoms with Crippen LogP contribution in [0.2, 0.25) is 0 Å². The Morgan fingerprint density at radius 3 is 2.95 bits per heavy atom. The van der Waals surface area contributed by atoms with Gasteiger partial charge in [0.1, 0.15) is 12.0 Å². The monoisotopic (exact) mass is 274 g/mol. The topological polar surface area (TPSA) is 108 Å². The number of oxazole rings is 1. The summed E-state index contributed by atoms with van der Waals surface area (Å²) in [5, 5.41) is 11.8. The molecule has 1 aromatic carbocycles. The lowest BCUT2D eigenvalue weighted by atomic mass is 10.2. The molecule has 0 unspecified atom stereocenters. The SMILES string of the molecule is O=C(O)c1coc(CNc2ccc3oc(=O)[nH]c3c2)c1. The van der Waals surface area contributed by atoms with E-state index in [2.05, 4.69) is 10.3 Å². The second-order valence-corrected chi connectivity index (χ2v) is 4.19. The van der Waals surface area contributed by atoms with Gasteiger partial charge >= 0.3 is 11.7 Å². The van der Waals surface area contributed by atoms with Crippen LogP contribution in [-0.2, 0) is 6.54 Å². The number of hydrogen-bond acceptors (Lipinski definition) is 5. The van der Waals surface area contributed by atoms with E-state index in [1.54, 1.807) is 18.2 Å². The number of H-pyrrole nitrogens is 1. The first-order chi connectivity index (χ1) is 9.61. The van der Waals surface area contributed by atoms with Crippen molar-refractivity contribution in [3.63, 3.8) is 0 Å². The van der Waals surface area contributed by atoms with Crippen LogP contribution in [0.3, 0.4) is 0 Å². The molecular formula is C13H10N2O5. The Morgan fingerprint density at radius 2 is 2.20 bits per heavy atom. The molecule has 0 radical (unpaired) electrons. The number of aromatic carboxylic acids is 1. The first-order valence-corrected chi connectivity index (χ1v) is 5.79. The van der Waals surface area contributed by atoms with Crippen LogP contribution in [0.4, 0.5) is 5.69 Å². The summed E-state index contributed by atoms with van der Waals surface area (Å²) >= 11 is 0. The normalized spacial score (nSPS) is 10.8. The highest BCUT2D eigenvalue weighted by Crippen LogP contribution is 2.17. The highest BCUT2D eigenvalue weighted by atomic mass is 16.4. The van der Waals surface area contributed by atoms with Gasteiger partial charge in [-0.2, -0.15) is 0 Å². The Balaban J connectivity index is 1.75. The van der Waals surface area contributed by atoms with Gasteiger partial charge in [0.15, 0.2) is 5.58 Å². The minimum Gasteiger partial charge on any atom is -0.478 e. The van der Waals surface area contributed by atoms with Crippen LogP contribution in [0.25, 0.3) is 11.1 Å². The van der Waals surface area contributed by atoms with Gasteiger partial charge in [0.25, 0.3) is 0 Å². The molecule has 20 heavy (non-hydrogen) atoms. The van der Waals surface area contributed by atoms with Gasteiger partial charge < -0.3 is 19.3 Å². The summed E-state index contributed by atoms with van der Waals surface area (Å²) < 4.78 is 10.0. The van der Waals surface area contributed by atoms with E-state index in [0.29, 0.717) is 23.4 Å². The van der Waals surface area contributed by atoms with Gasteiger partial charge in [-0.3, -0.25) is 4.98 Å². The Morgan fingerprint density at radius 1 is 1.35 bits per heavy atom. The van der Waals surface area contributed by atoms with Crippen LogP contribution in [0.15, 0.2) is 44.2 Å². The van der Waals surface area contributed by atoms with Crippen molar-refractivity contribution < 1.29 is 18.7 Å². The van der Waals surface area contributed by atoms with Crippen molar-refractivity contribution in [2.75, 3.05) is 5.32 Å². The lowest BCUT2D eigenvalue weighted by Gasteiger charge is -2.03. The van der Waals surface area contributed by atoms with Crippen LogP contribution in [0.1, 0.15) is 16.1 Å². The number of furan rings is 1. The third kappa shape index (κ3) is 2.28. The number of nitrogens with one attached hydrogen (secondary N) is 2. The van der Waals surface area contributed by atoms with Gasteiger partial charge in [-0.05, 0) is 24.3 Å². The number of aromatic nitrogens is 1. The molecule has 0 amide bonds. The molecule has 0 saturated heterocycles. The van der Waals surface area contributed by atoms with Gasteiger partial charge in [-0.1, -0.05) is 0 Å². The smallest absolute Gasteiger partial charge is 0.417 e. The summed E-state index contributed by atoms with van der Waals surface area (Å²) in [6, 6.07) is 6.59. The van der Waals surface area contributed by atoms with E-state index in [1.165, 1.54) is 12.3 Å². The van der Waals surface area contributed by atoms with Crippen molar-refractivity contribution >= 4 is 22.8 Å². The van der Waals surface area contributed by atoms with E-state index in [-0.39, 0.29) is 5.56 Å². The zero-order valence-electron chi connectivity index (χ0n) is 10.2. The maximum absolute atomic E-state index is 11.0. The molecule has 3 N–H and O–H groups in total. The van der Waals surface area contributed by atoms with Crippen molar-refractivity contribution in [3.05, 3.63) is 52.4 Å². The standard InChI is InChI=1S/C13H10N2O5/c16-12(17)7-3-9(19-6-7)5-14-8-1-2-11-10(4-8)15-13(18)20-11/h1-4,6,14H,5H2,(H,15,18)(H,16,17). The fraction of sp³-hybridized carbons (Fsp3) is 0.0769. The summed E-state index contributed by atoms with van der Waals surface area (Å²) in [5.41, 5.74) is 1.93. The molecule has 7 nitrogen and oxygen atoms in total. The number of carboxylic acids is 1. The summed E-state index contributed by atoms with van der Waals surface area (Å²) in [5.74, 6) is -1.03. The third-order valence-corrected chi connectivity index (χ3v) is 2.79. The lowest BCUT2D eigenvalue weighted by molar-refractivity contribution is 0.0696. The summed E-state index contributed by atoms with van der Waals surface area (Å²) in [7, 11) is 0. The largest absolute Gasteiger partial charge is 0.478 e. The van der Waals surface area contributed by atoms with Crippen molar-refractivity contribution in [1.82, 2.24) is 4.98 Å². The molecule has 2 heterocycles. The maximum Gasteiger partial charge on any atom is 0.417 e. The third-order valence-electron chi connectivity index (χ3n) is 2.79. The maximum atomic E-state index is 11.0. The molecule has 3 rings (SSSR count). The number of hydrogen-bond donors (Lipinski definition) is 3. The highest BCUT2D eigenvalue weighted by Gasteiger charge is 2.08. The molecule has 7 heteroatoms. The molecule has 0 bridgehead atoms. The quantitative estimate of drug-likeness (QED) is 0.671. The second-order valence-electron chi connectivity index (χ2n) is 4.19. The molecule has 0 spiro atoms. The first-order valence-electron chi connectivity index (χ1n) is 5.79. The van der Waals surface area contributed by atoms with Crippen LogP contribution in [0.5, 0.6) is 0 Å². The van der Waals surface area contributed by atoms with Crippen molar-refractivity contribution in [3.8, 4) is 0 Å². The van der Waals surface area contributed by atoms with Gasteiger partial charge in [0, 0.05) is 5.69 Å². The van der Waals surface area contributed by atoms with Gasteiger partial charge in [-0.15, -0.1) is 0 Å². The predicted molar refractivity (Wildman–Crippen MR) is 69.8 cm³/mol. The van der Waals surface area contributed by atoms with Crippen LogP contribution in [0, 0.1) is 0 Å². The zero-order chi connectivity index (χ0) is 14.1. The number of anilines is 1. The summed E-state index contributed by atoms with van der Waals surface area (Å²) in [6.45, 7) is 0.334. The summed E-state index contributed by atoms with van der Waals surface area (Å²) in [4.78, 5) is 24.3.